The van der Waals surface area contributed by atoms with Crippen LogP contribution < -0.4 is 27.4 Å². The van der Waals surface area contributed by atoms with Crippen molar-refractivity contribution in [2.75, 3.05) is 30.3 Å². The molecule has 0 spiro atoms. The molecule has 176 valence electrons. The Bertz CT molecular complexity index is 869. The van der Waals surface area contributed by atoms with Crippen molar-refractivity contribution < 1.29 is 14.4 Å². The molecule has 2 heterocycles. The summed E-state index contributed by atoms with van der Waals surface area (Å²) in [6.07, 6.45) is 6.88. The molecule has 2 aromatic heterocycles. The zero-order chi connectivity index (χ0) is 23.2. The number of unbranched alkanes of at least 4 members (excludes halogenated alkanes) is 5. The lowest BCUT2D eigenvalue weighted by atomic mass is 10.2. The zero-order valence-electron chi connectivity index (χ0n) is 18.0. The van der Waals surface area contributed by atoms with E-state index in [0.29, 0.717) is 36.3 Å². The predicted molar refractivity (Wildman–Crippen MR) is 128 cm³/mol. The largest absolute Gasteiger partial charge is 0.351 e. The zero-order valence-corrected chi connectivity index (χ0v) is 19.7. The molecule has 2 rings (SSSR count). The van der Waals surface area contributed by atoms with Gasteiger partial charge < -0.3 is 22.1 Å². The first-order valence-electron chi connectivity index (χ1n) is 10.7. The Balaban J connectivity index is 1.76. The first kappa shape index (κ1) is 25.8. The number of nitrogens with two attached hydrogens (primary N) is 2. The Labute approximate surface area is 195 Å². The van der Waals surface area contributed by atoms with Crippen molar-refractivity contribution in [2.45, 2.75) is 51.4 Å². The summed E-state index contributed by atoms with van der Waals surface area (Å²) in [5.74, 6) is -0.866. The summed E-state index contributed by atoms with van der Waals surface area (Å²) in [6, 6.07) is 0. The number of amides is 3. The summed E-state index contributed by atoms with van der Waals surface area (Å²) in [6.45, 7) is 1.88. The van der Waals surface area contributed by atoms with Gasteiger partial charge in [-0.3, -0.25) is 19.7 Å². The average Bonchev–Trinajstić information content (AvgIpc) is 3.43. The molecule has 0 unspecified atom stereocenters. The number of hydrogen-bond donors (Lipinski definition) is 5. The number of carbonyl (C=O) groups is 3. The maximum absolute atomic E-state index is 12.4. The summed E-state index contributed by atoms with van der Waals surface area (Å²) in [4.78, 5) is 44.8. The lowest BCUT2D eigenvalue weighted by Crippen LogP contribution is -2.24. The second-order valence-electron chi connectivity index (χ2n) is 7.14. The fourth-order valence-corrected chi connectivity index (χ4v) is 4.13. The minimum absolute atomic E-state index is 0.140. The highest BCUT2D eigenvalue weighted by Crippen LogP contribution is 2.20. The third-order valence-electron chi connectivity index (χ3n) is 4.46. The molecule has 10 nitrogen and oxygen atoms in total. The summed E-state index contributed by atoms with van der Waals surface area (Å²) >= 11 is 2.34. The Morgan fingerprint density at radius 3 is 1.97 bits per heavy atom. The predicted octanol–water partition coefficient (Wildman–Crippen LogP) is 2.56. The van der Waals surface area contributed by atoms with Gasteiger partial charge in [0.25, 0.3) is 11.8 Å². The van der Waals surface area contributed by atoms with Gasteiger partial charge in [-0.05, 0) is 38.8 Å². The fraction of sp³-hybridized carbons (Fsp3) is 0.550. The number of carbonyl (C=O) groups excluding carboxylic acids is 3. The topological polar surface area (TPSA) is 165 Å². The minimum Gasteiger partial charge on any atom is -0.351 e. The number of rotatable bonds is 15. The first-order chi connectivity index (χ1) is 15.5. The molecule has 0 saturated heterocycles. The van der Waals surface area contributed by atoms with E-state index in [1.807, 2.05) is 0 Å². The van der Waals surface area contributed by atoms with Crippen LogP contribution in [0, 0.1) is 0 Å². The molecular weight excluding hydrogens is 450 g/mol. The fourth-order valence-electron chi connectivity index (χ4n) is 2.74. The van der Waals surface area contributed by atoms with E-state index in [1.54, 1.807) is 10.8 Å². The second-order valence-corrected chi connectivity index (χ2v) is 8.85. The molecule has 0 aliphatic heterocycles. The summed E-state index contributed by atoms with van der Waals surface area (Å²) in [5.41, 5.74) is 11.3. The summed E-state index contributed by atoms with van der Waals surface area (Å²) < 4.78 is 0. The Morgan fingerprint density at radius 1 is 0.750 bits per heavy atom. The number of nitrogens with zero attached hydrogens (tertiary/aromatic N) is 2. The summed E-state index contributed by atoms with van der Waals surface area (Å²) in [7, 11) is 0. The quantitative estimate of drug-likeness (QED) is 0.244. The maximum Gasteiger partial charge on any atom is 0.276 e. The molecule has 0 bridgehead atoms. The van der Waals surface area contributed by atoms with Crippen molar-refractivity contribution in [3.05, 3.63) is 22.1 Å². The number of nitrogens with one attached hydrogen (secondary N) is 3. The molecule has 2 aromatic rings. The highest BCUT2D eigenvalue weighted by Gasteiger charge is 2.16. The van der Waals surface area contributed by atoms with Crippen LogP contribution in [0.2, 0.25) is 0 Å². The smallest absolute Gasteiger partial charge is 0.276 e. The third kappa shape index (κ3) is 9.39. The second kappa shape index (κ2) is 14.6. The van der Waals surface area contributed by atoms with Crippen LogP contribution in [0.3, 0.4) is 0 Å². The van der Waals surface area contributed by atoms with Gasteiger partial charge in [0.1, 0.15) is 11.4 Å². The first-order valence-corrected chi connectivity index (χ1v) is 12.5. The van der Waals surface area contributed by atoms with Gasteiger partial charge in [-0.15, -0.1) is 22.7 Å². The Hall–Kier alpha value is -2.41. The van der Waals surface area contributed by atoms with E-state index in [-0.39, 0.29) is 23.2 Å². The van der Waals surface area contributed by atoms with Crippen molar-refractivity contribution in [3.8, 4) is 0 Å². The summed E-state index contributed by atoms with van der Waals surface area (Å²) in [5, 5.41) is 12.0. The molecule has 0 aromatic carbocycles. The monoisotopic (exact) mass is 481 g/mol. The van der Waals surface area contributed by atoms with Crippen molar-refractivity contribution in [2.24, 2.45) is 11.5 Å². The molecule has 0 aliphatic carbocycles. The Kier molecular flexibility index (Phi) is 11.8. The number of anilines is 2. The van der Waals surface area contributed by atoms with Gasteiger partial charge in [0.05, 0.1) is 0 Å². The number of thiazole rings is 2. The van der Waals surface area contributed by atoms with Gasteiger partial charge in [-0.25, -0.2) is 9.97 Å². The Morgan fingerprint density at radius 2 is 1.31 bits per heavy atom. The SMILES string of the molecule is NCCCCCCNC(=O)c1csc(NC(=O)c2csc(NC(=O)CCCCCN)n2)n1. The van der Waals surface area contributed by atoms with Crippen LogP contribution in [0.4, 0.5) is 10.3 Å². The van der Waals surface area contributed by atoms with Gasteiger partial charge in [0.2, 0.25) is 5.91 Å². The highest BCUT2D eigenvalue weighted by molar-refractivity contribution is 7.14. The molecule has 0 aliphatic rings. The molecule has 0 saturated carbocycles. The van der Waals surface area contributed by atoms with Crippen LogP contribution in [-0.4, -0.2) is 47.3 Å². The average molecular weight is 482 g/mol. The molecule has 12 heteroatoms. The molecule has 3 amide bonds. The van der Waals surface area contributed by atoms with Gasteiger partial charge in [0.15, 0.2) is 10.3 Å². The van der Waals surface area contributed by atoms with E-state index in [1.165, 1.54) is 11.3 Å². The van der Waals surface area contributed by atoms with Gasteiger partial charge in [-0.2, -0.15) is 0 Å². The van der Waals surface area contributed by atoms with Crippen LogP contribution in [0.15, 0.2) is 10.8 Å². The van der Waals surface area contributed by atoms with Crippen LogP contribution in [0.25, 0.3) is 0 Å². The van der Waals surface area contributed by atoms with E-state index in [0.717, 1.165) is 56.3 Å². The third-order valence-corrected chi connectivity index (χ3v) is 5.98. The molecule has 0 radical (unpaired) electrons. The van der Waals surface area contributed by atoms with Crippen LogP contribution in [0.1, 0.15) is 72.3 Å². The van der Waals surface area contributed by atoms with E-state index in [4.69, 9.17) is 11.5 Å². The van der Waals surface area contributed by atoms with Crippen LogP contribution >= 0.6 is 22.7 Å². The van der Waals surface area contributed by atoms with E-state index in [9.17, 15) is 14.4 Å². The van der Waals surface area contributed by atoms with Crippen molar-refractivity contribution >= 4 is 50.7 Å². The van der Waals surface area contributed by atoms with Crippen molar-refractivity contribution in [3.63, 3.8) is 0 Å². The normalized spacial score (nSPS) is 10.7. The molecule has 32 heavy (non-hydrogen) atoms. The lowest BCUT2D eigenvalue weighted by Gasteiger charge is -2.03. The van der Waals surface area contributed by atoms with E-state index in [2.05, 4.69) is 25.9 Å². The number of aromatic nitrogens is 2. The lowest BCUT2D eigenvalue weighted by molar-refractivity contribution is -0.116. The standard InChI is InChI=1S/C20H31N7O3S2/c21-9-5-1-2-7-11-23-17(29)14-12-32-20(24-14)27-18(30)15-13-31-19(25-15)26-16(28)8-4-3-6-10-22/h12-13H,1-11,21-22H2,(H,23,29)(H,24,27,30)(H,25,26,28). The van der Waals surface area contributed by atoms with Gasteiger partial charge >= 0.3 is 0 Å². The highest BCUT2D eigenvalue weighted by atomic mass is 32.1. The number of hydrogen-bond acceptors (Lipinski definition) is 9. The van der Waals surface area contributed by atoms with Crippen LogP contribution in [0.5, 0.6) is 0 Å². The molecule has 7 N–H and O–H groups in total. The van der Waals surface area contributed by atoms with Crippen molar-refractivity contribution in [1.82, 2.24) is 15.3 Å². The van der Waals surface area contributed by atoms with Crippen LogP contribution in [-0.2, 0) is 4.79 Å². The van der Waals surface area contributed by atoms with E-state index < -0.39 is 5.91 Å². The molecule has 0 fully saturated rings. The van der Waals surface area contributed by atoms with Gasteiger partial charge in [0, 0.05) is 23.7 Å². The van der Waals surface area contributed by atoms with E-state index >= 15 is 0 Å². The maximum atomic E-state index is 12.4. The minimum atomic E-state index is -0.453. The van der Waals surface area contributed by atoms with Crippen molar-refractivity contribution in [1.29, 1.82) is 0 Å². The molecular formula is C20H31N7O3S2. The van der Waals surface area contributed by atoms with Gasteiger partial charge in [-0.1, -0.05) is 19.3 Å². The molecule has 0 atom stereocenters.